The molecule has 0 aliphatic heterocycles. The molecule has 0 fully saturated rings. The third kappa shape index (κ3) is 4.58. The third-order valence-corrected chi connectivity index (χ3v) is 4.00. The van der Waals surface area contributed by atoms with Gasteiger partial charge in [-0.25, -0.2) is 9.97 Å². The summed E-state index contributed by atoms with van der Waals surface area (Å²) in [7, 11) is 1.76. The van der Waals surface area contributed by atoms with Crippen LogP contribution in [-0.2, 0) is 6.54 Å². The standard InChI is InChI=1S/C20H19ClN4O/c1-14-11-18(19(26)25(2)13-15-7-4-3-5-8-15)24-20(22-14)23-17-10-6-9-16(21)12-17/h3-12H,13H2,1-2H3,(H,22,23,24). The first-order valence-corrected chi connectivity index (χ1v) is 8.57. The molecule has 2 aromatic carbocycles. The lowest BCUT2D eigenvalue weighted by Crippen LogP contribution is -2.27. The van der Waals surface area contributed by atoms with E-state index in [2.05, 4.69) is 15.3 Å². The Morgan fingerprint density at radius 3 is 2.58 bits per heavy atom. The summed E-state index contributed by atoms with van der Waals surface area (Å²) in [6, 6.07) is 18.8. The number of carbonyl (C=O) groups is 1. The monoisotopic (exact) mass is 366 g/mol. The number of nitrogens with zero attached hydrogens (tertiary/aromatic N) is 3. The Morgan fingerprint density at radius 2 is 1.85 bits per heavy atom. The lowest BCUT2D eigenvalue weighted by molar-refractivity contribution is 0.0779. The van der Waals surface area contributed by atoms with Crippen molar-refractivity contribution in [1.82, 2.24) is 14.9 Å². The maximum atomic E-state index is 12.7. The van der Waals surface area contributed by atoms with Crippen LogP contribution in [-0.4, -0.2) is 27.8 Å². The molecule has 0 radical (unpaired) electrons. The predicted octanol–water partition coefficient (Wildman–Crippen LogP) is 4.45. The second-order valence-corrected chi connectivity index (χ2v) is 6.44. The van der Waals surface area contributed by atoms with E-state index in [-0.39, 0.29) is 5.91 Å². The van der Waals surface area contributed by atoms with E-state index in [1.165, 1.54) is 0 Å². The lowest BCUT2D eigenvalue weighted by Gasteiger charge is -2.17. The Labute approximate surface area is 157 Å². The Balaban J connectivity index is 1.79. The molecule has 0 atom stereocenters. The number of aryl methyl sites for hydroxylation is 1. The van der Waals surface area contributed by atoms with Gasteiger partial charge in [0.25, 0.3) is 5.91 Å². The van der Waals surface area contributed by atoms with Gasteiger partial charge in [0, 0.05) is 30.0 Å². The third-order valence-electron chi connectivity index (χ3n) is 3.76. The second kappa shape index (κ2) is 7.97. The molecule has 3 rings (SSSR count). The number of rotatable bonds is 5. The summed E-state index contributed by atoms with van der Waals surface area (Å²) in [5.41, 5.74) is 2.88. The summed E-state index contributed by atoms with van der Waals surface area (Å²) in [6.07, 6.45) is 0. The lowest BCUT2D eigenvalue weighted by atomic mass is 10.2. The largest absolute Gasteiger partial charge is 0.336 e. The first-order valence-electron chi connectivity index (χ1n) is 8.19. The van der Waals surface area contributed by atoms with Crippen molar-refractivity contribution >= 4 is 29.1 Å². The Kier molecular flexibility index (Phi) is 5.49. The SMILES string of the molecule is Cc1cc(C(=O)N(C)Cc2ccccc2)nc(Nc2cccc(Cl)c2)n1. The molecule has 0 saturated carbocycles. The van der Waals surface area contributed by atoms with Gasteiger partial charge < -0.3 is 10.2 Å². The number of hydrogen-bond acceptors (Lipinski definition) is 4. The number of anilines is 2. The molecule has 1 N–H and O–H groups in total. The molecule has 26 heavy (non-hydrogen) atoms. The fraction of sp³-hybridized carbons (Fsp3) is 0.150. The molecule has 1 amide bonds. The van der Waals surface area contributed by atoms with Gasteiger partial charge in [-0.3, -0.25) is 4.79 Å². The van der Waals surface area contributed by atoms with Gasteiger partial charge in [0.15, 0.2) is 0 Å². The van der Waals surface area contributed by atoms with Crippen molar-refractivity contribution in [3.05, 3.63) is 82.6 Å². The fourth-order valence-electron chi connectivity index (χ4n) is 2.55. The highest BCUT2D eigenvalue weighted by Gasteiger charge is 2.15. The molecular weight excluding hydrogens is 348 g/mol. The van der Waals surface area contributed by atoms with E-state index in [4.69, 9.17) is 11.6 Å². The molecular formula is C20H19ClN4O. The molecule has 0 saturated heterocycles. The summed E-state index contributed by atoms with van der Waals surface area (Å²) in [5, 5.41) is 3.70. The Bertz CT molecular complexity index is 915. The summed E-state index contributed by atoms with van der Waals surface area (Å²) in [6.45, 7) is 2.35. The zero-order valence-corrected chi connectivity index (χ0v) is 15.4. The Hall–Kier alpha value is -2.92. The van der Waals surface area contributed by atoms with Crippen molar-refractivity contribution in [1.29, 1.82) is 0 Å². The van der Waals surface area contributed by atoms with Gasteiger partial charge in [-0.2, -0.15) is 0 Å². The quantitative estimate of drug-likeness (QED) is 0.724. The van der Waals surface area contributed by atoms with Crippen LogP contribution in [0.3, 0.4) is 0 Å². The van der Waals surface area contributed by atoms with Crippen LogP contribution in [0.4, 0.5) is 11.6 Å². The summed E-state index contributed by atoms with van der Waals surface area (Å²) >= 11 is 6.00. The average Bonchev–Trinajstić information content (AvgIpc) is 2.61. The van der Waals surface area contributed by atoms with Gasteiger partial charge in [0.2, 0.25) is 5.95 Å². The minimum Gasteiger partial charge on any atom is -0.336 e. The zero-order chi connectivity index (χ0) is 18.5. The van der Waals surface area contributed by atoms with Crippen LogP contribution >= 0.6 is 11.6 Å². The number of halogens is 1. The smallest absolute Gasteiger partial charge is 0.272 e. The maximum absolute atomic E-state index is 12.7. The van der Waals surface area contributed by atoms with Crippen LogP contribution < -0.4 is 5.32 Å². The van der Waals surface area contributed by atoms with E-state index in [1.807, 2.05) is 49.4 Å². The van der Waals surface area contributed by atoms with E-state index < -0.39 is 0 Å². The molecule has 0 aliphatic carbocycles. The number of amides is 1. The normalized spacial score (nSPS) is 10.4. The number of carbonyl (C=O) groups excluding carboxylic acids is 1. The van der Waals surface area contributed by atoms with Gasteiger partial charge in [0.05, 0.1) is 0 Å². The van der Waals surface area contributed by atoms with E-state index in [0.29, 0.717) is 28.9 Å². The number of aromatic nitrogens is 2. The molecule has 1 heterocycles. The molecule has 6 heteroatoms. The van der Waals surface area contributed by atoms with Gasteiger partial charge in [-0.1, -0.05) is 48.0 Å². The highest BCUT2D eigenvalue weighted by molar-refractivity contribution is 6.30. The van der Waals surface area contributed by atoms with Crippen molar-refractivity contribution in [3.63, 3.8) is 0 Å². The number of benzene rings is 2. The predicted molar refractivity (Wildman–Crippen MR) is 104 cm³/mol. The first-order chi connectivity index (χ1) is 12.5. The van der Waals surface area contributed by atoms with Gasteiger partial charge >= 0.3 is 0 Å². The van der Waals surface area contributed by atoms with E-state index in [0.717, 1.165) is 11.3 Å². The molecule has 132 valence electrons. The fourth-order valence-corrected chi connectivity index (χ4v) is 2.74. The van der Waals surface area contributed by atoms with Gasteiger partial charge in [0.1, 0.15) is 5.69 Å². The maximum Gasteiger partial charge on any atom is 0.272 e. The van der Waals surface area contributed by atoms with Crippen LogP contribution in [0.5, 0.6) is 0 Å². The summed E-state index contributed by atoms with van der Waals surface area (Å²) in [4.78, 5) is 23.1. The van der Waals surface area contributed by atoms with Crippen molar-refractivity contribution < 1.29 is 4.79 Å². The van der Waals surface area contributed by atoms with Gasteiger partial charge in [-0.15, -0.1) is 0 Å². The molecule has 3 aromatic rings. The highest BCUT2D eigenvalue weighted by Crippen LogP contribution is 2.19. The molecule has 0 aliphatic rings. The first kappa shape index (κ1) is 17.9. The minimum absolute atomic E-state index is 0.159. The van der Waals surface area contributed by atoms with Crippen LogP contribution in [0.25, 0.3) is 0 Å². The second-order valence-electron chi connectivity index (χ2n) is 6.00. The van der Waals surface area contributed by atoms with Crippen LogP contribution in [0.15, 0.2) is 60.7 Å². The molecule has 0 unspecified atom stereocenters. The topological polar surface area (TPSA) is 58.1 Å². The van der Waals surface area contributed by atoms with Crippen LogP contribution in [0.1, 0.15) is 21.7 Å². The van der Waals surface area contributed by atoms with Crippen LogP contribution in [0.2, 0.25) is 5.02 Å². The number of hydrogen-bond donors (Lipinski definition) is 1. The summed E-state index contributed by atoms with van der Waals surface area (Å²) < 4.78 is 0. The van der Waals surface area contributed by atoms with Crippen molar-refractivity contribution in [2.24, 2.45) is 0 Å². The zero-order valence-electron chi connectivity index (χ0n) is 14.6. The Morgan fingerprint density at radius 1 is 1.08 bits per heavy atom. The van der Waals surface area contributed by atoms with Gasteiger partial charge in [-0.05, 0) is 36.8 Å². The highest BCUT2D eigenvalue weighted by atomic mass is 35.5. The molecule has 5 nitrogen and oxygen atoms in total. The van der Waals surface area contributed by atoms with E-state index >= 15 is 0 Å². The van der Waals surface area contributed by atoms with E-state index in [9.17, 15) is 4.79 Å². The molecule has 1 aromatic heterocycles. The van der Waals surface area contributed by atoms with Crippen molar-refractivity contribution in [3.8, 4) is 0 Å². The minimum atomic E-state index is -0.159. The molecule has 0 bridgehead atoms. The summed E-state index contributed by atoms with van der Waals surface area (Å²) in [5.74, 6) is 0.206. The van der Waals surface area contributed by atoms with Crippen molar-refractivity contribution in [2.75, 3.05) is 12.4 Å². The molecule has 0 spiro atoms. The van der Waals surface area contributed by atoms with Crippen molar-refractivity contribution in [2.45, 2.75) is 13.5 Å². The average molecular weight is 367 g/mol. The van der Waals surface area contributed by atoms with E-state index in [1.54, 1.807) is 30.1 Å². The number of nitrogens with one attached hydrogen (secondary N) is 1. The van der Waals surface area contributed by atoms with Crippen LogP contribution in [0, 0.1) is 6.92 Å².